The van der Waals surface area contributed by atoms with Crippen LogP contribution in [0.15, 0.2) is 36.9 Å². The molecule has 3 rings (SSSR count). The molecule has 0 radical (unpaired) electrons. The molecule has 1 fully saturated rings. The summed E-state index contributed by atoms with van der Waals surface area (Å²) >= 11 is 0. The molecule has 0 bridgehead atoms. The number of hydrogen-bond donors (Lipinski definition) is 0. The van der Waals surface area contributed by atoms with Crippen molar-refractivity contribution < 1.29 is 4.79 Å². The molecule has 6 nitrogen and oxygen atoms in total. The van der Waals surface area contributed by atoms with Crippen molar-refractivity contribution in [2.75, 3.05) is 33.7 Å². The largest absolute Gasteiger partial charge is 0.338 e. The van der Waals surface area contributed by atoms with Gasteiger partial charge in [-0.05, 0) is 39.1 Å². The zero-order valence-corrected chi connectivity index (χ0v) is 14.4. The zero-order valence-electron chi connectivity index (χ0n) is 14.4. The molecular formula is C18H25N5O. The van der Waals surface area contributed by atoms with Crippen molar-refractivity contribution in [3.05, 3.63) is 48.3 Å². The number of likely N-dealkylation sites (tertiary alicyclic amines) is 1. The molecule has 0 aromatic carbocycles. The first-order chi connectivity index (χ1) is 11.6. The number of piperidine rings is 1. The number of rotatable bonds is 5. The van der Waals surface area contributed by atoms with Crippen LogP contribution in [-0.2, 0) is 6.54 Å². The molecule has 2 aromatic heterocycles. The number of likely N-dealkylation sites (N-methyl/N-ethyl adjacent to an activating group) is 1. The van der Waals surface area contributed by atoms with Gasteiger partial charge in [-0.3, -0.25) is 9.78 Å². The van der Waals surface area contributed by atoms with Crippen LogP contribution < -0.4 is 0 Å². The van der Waals surface area contributed by atoms with E-state index >= 15 is 0 Å². The van der Waals surface area contributed by atoms with Gasteiger partial charge in [0.15, 0.2) is 0 Å². The second kappa shape index (κ2) is 7.57. The molecule has 0 aliphatic carbocycles. The first-order valence-electron chi connectivity index (χ1n) is 8.50. The fourth-order valence-corrected chi connectivity index (χ4v) is 3.23. The molecule has 24 heavy (non-hydrogen) atoms. The number of hydrogen-bond acceptors (Lipinski definition) is 4. The Morgan fingerprint density at radius 1 is 1.29 bits per heavy atom. The lowest BCUT2D eigenvalue weighted by atomic mass is 9.96. The summed E-state index contributed by atoms with van der Waals surface area (Å²) in [7, 11) is 4.15. The standard InChI is InChI=1S/C18H25N5O/c1-21(2)12-13-22-11-9-20-17(22)16-4-3-10-23(14-16)18(24)15-5-7-19-8-6-15/h5-9,11,16H,3-4,10,12-14H2,1-2H3/t16-/m0/s1. The molecule has 128 valence electrons. The first kappa shape index (κ1) is 16.6. The van der Waals surface area contributed by atoms with Crippen LogP contribution in [-0.4, -0.2) is 64.0 Å². The van der Waals surface area contributed by atoms with Crippen LogP contribution in [0.1, 0.15) is 34.9 Å². The number of imidazole rings is 1. The van der Waals surface area contributed by atoms with E-state index in [1.54, 1.807) is 24.5 Å². The molecule has 3 heterocycles. The predicted octanol–water partition coefficient (Wildman–Crippen LogP) is 1.86. The third-order valence-corrected chi connectivity index (χ3v) is 4.54. The average Bonchev–Trinajstić information content (AvgIpc) is 3.09. The Morgan fingerprint density at radius 3 is 2.83 bits per heavy atom. The van der Waals surface area contributed by atoms with E-state index in [4.69, 9.17) is 0 Å². The van der Waals surface area contributed by atoms with Crippen molar-refractivity contribution in [2.24, 2.45) is 0 Å². The smallest absolute Gasteiger partial charge is 0.253 e. The van der Waals surface area contributed by atoms with Gasteiger partial charge in [0.25, 0.3) is 5.91 Å². The molecule has 6 heteroatoms. The van der Waals surface area contributed by atoms with Gasteiger partial charge in [-0.15, -0.1) is 0 Å². The molecule has 0 saturated carbocycles. The molecule has 0 spiro atoms. The summed E-state index contributed by atoms with van der Waals surface area (Å²) in [5.41, 5.74) is 0.710. The Kier molecular flexibility index (Phi) is 5.25. The summed E-state index contributed by atoms with van der Waals surface area (Å²) in [6.45, 7) is 3.46. The summed E-state index contributed by atoms with van der Waals surface area (Å²) in [4.78, 5) is 25.4. The monoisotopic (exact) mass is 327 g/mol. The molecule has 0 unspecified atom stereocenters. The van der Waals surface area contributed by atoms with Gasteiger partial charge in [0.05, 0.1) is 0 Å². The highest BCUT2D eigenvalue weighted by Gasteiger charge is 2.27. The van der Waals surface area contributed by atoms with Crippen LogP contribution in [0.5, 0.6) is 0 Å². The van der Waals surface area contributed by atoms with E-state index in [1.165, 1.54) is 0 Å². The highest BCUT2D eigenvalue weighted by Crippen LogP contribution is 2.26. The number of aromatic nitrogens is 3. The van der Waals surface area contributed by atoms with Gasteiger partial charge in [0.1, 0.15) is 5.82 Å². The van der Waals surface area contributed by atoms with E-state index in [0.29, 0.717) is 11.5 Å². The van der Waals surface area contributed by atoms with E-state index in [2.05, 4.69) is 33.5 Å². The van der Waals surface area contributed by atoms with Crippen molar-refractivity contribution in [3.8, 4) is 0 Å². The second-order valence-corrected chi connectivity index (χ2v) is 6.61. The highest BCUT2D eigenvalue weighted by atomic mass is 16.2. The average molecular weight is 327 g/mol. The van der Waals surface area contributed by atoms with E-state index in [-0.39, 0.29) is 5.91 Å². The maximum absolute atomic E-state index is 12.7. The Hall–Kier alpha value is -2.21. The molecule has 1 aliphatic rings. The van der Waals surface area contributed by atoms with Crippen molar-refractivity contribution in [1.82, 2.24) is 24.3 Å². The molecular weight excluding hydrogens is 302 g/mol. The van der Waals surface area contributed by atoms with Crippen LogP contribution in [0.2, 0.25) is 0 Å². The molecule has 1 saturated heterocycles. The van der Waals surface area contributed by atoms with Gasteiger partial charge < -0.3 is 14.4 Å². The van der Waals surface area contributed by atoms with Crippen LogP contribution in [0.25, 0.3) is 0 Å². The number of amides is 1. The minimum absolute atomic E-state index is 0.0912. The second-order valence-electron chi connectivity index (χ2n) is 6.61. The van der Waals surface area contributed by atoms with Gasteiger partial charge in [-0.2, -0.15) is 0 Å². The summed E-state index contributed by atoms with van der Waals surface area (Å²) in [5, 5.41) is 0. The third kappa shape index (κ3) is 3.82. The topological polar surface area (TPSA) is 54.3 Å². The predicted molar refractivity (Wildman–Crippen MR) is 92.9 cm³/mol. The molecule has 2 aromatic rings. The van der Waals surface area contributed by atoms with Gasteiger partial charge in [-0.25, -0.2) is 4.98 Å². The SMILES string of the molecule is CN(C)CCn1ccnc1[C@H]1CCCN(C(=O)c2ccncc2)C1. The van der Waals surface area contributed by atoms with Crippen molar-refractivity contribution >= 4 is 5.91 Å². The minimum atomic E-state index is 0.0912. The number of pyridine rings is 1. The lowest BCUT2D eigenvalue weighted by Crippen LogP contribution is -2.39. The van der Waals surface area contributed by atoms with Crippen molar-refractivity contribution in [2.45, 2.75) is 25.3 Å². The Balaban J connectivity index is 1.70. The highest BCUT2D eigenvalue weighted by molar-refractivity contribution is 5.94. The maximum atomic E-state index is 12.7. The van der Waals surface area contributed by atoms with E-state index in [1.807, 2.05) is 17.3 Å². The normalized spacial score (nSPS) is 18.1. The Labute approximate surface area is 143 Å². The fourth-order valence-electron chi connectivity index (χ4n) is 3.23. The third-order valence-electron chi connectivity index (χ3n) is 4.54. The lowest BCUT2D eigenvalue weighted by molar-refractivity contribution is 0.0703. The van der Waals surface area contributed by atoms with E-state index < -0.39 is 0 Å². The maximum Gasteiger partial charge on any atom is 0.253 e. The Bertz CT molecular complexity index is 667. The molecule has 1 atom stereocenters. The van der Waals surface area contributed by atoms with Gasteiger partial charge in [0, 0.05) is 62.4 Å². The van der Waals surface area contributed by atoms with Gasteiger partial charge in [-0.1, -0.05) is 0 Å². The fraction of sp³-hybridized carbons (Fsp3) is 0.500. The molecule has 0 N–H and O–H groups in total. The van der Waals surface area contributed by atoms with Gasteiger partial charge in [0.2, 0.25) is 0 Å². The first-order valence-corrected chi connectivity index (χ1v) is 8.50. The van der Waals surface area contributed by atoms with E-state index in [0.717, 1.165) is 44.8 Å². The van der Waals surface area contributed by atoms with Crippen LogP contribution in [0.4, 0.5) is 0 Å². The van der Waals surface area contributed by atoms with Gasteiger partial charge >= 0.3 is 0 Å². The quantitative estimate of drug-likeness (QED) is 0.841. The molecule has 1 aliphatic heterocycles. The summed E-state index contributed by atoms with van der Waals surface area (Å²) in [6.07, 6.45) is 9.35. The van der Waals surface area contributed by atoms with E-state index in [9.17, 15) is 4.79 Å². The number of carbonyl (C=O) groups is 1. The number of nitrogens with zero attached hydrogens (tertiary/aromatic N) is 5. The van der Waals surface area contributed by atoms with Crippen LogP contribution >= 0.6 is 0 Å². The summed E-state index contributed by atoms with van der Waals surface area (Å²) in [5.74, 6) is 1.50. The number of carbonyl (C=O) groups excluding carboxylic acids is 1. The van der Waals surface area contributed by atoms with Crippen molar-refractivity contribution in [3.63, 3.8) is 0 Å². The van der Waals surface area contributed by atoms with Crippen LogP contribution in [0, 0.1) is 0 Å². The van der Waals surface area contributed by atoms with Crippen LogP contribution in [0.3, 0.4) is 0 Å². The minimum Gasteiger partial charge on any atom is -0.338 e. The molecule has 1 amide bonds. The zero-order chi connectivity index (χ0) is 16.9. The summed E-state index contributed by atoms with van der Waals surface area (Å²) in [6, 6.07) is 3.56. The Morgan fingerprint density at radius 2 is 2.08 bits per heavy atom. The van der Waals surface area contributed by atoms with Crippen molar-refractivity contribution in [1.29, 1.82) is 0 Å². The lowest BCUT2D eigenvalue weighted by Gasteiger charge is -2.33. The summed E-state index contributed by atoms with van der Waals surface area (Å²) < 4.78 is 2.23.